The second-order valence-corrected chi connectivity index (χ2v) is 10.1. The van der Waals surface area contributed by atoms with Crippen LogP contribution in [-0.2, 0) is 21.2 Å². The highest BCUT2D eigenvalue weighted by Crippen LogP contribution is 2.22. The molecule has 174 valence electrons. The number of piperidine rings is 1. The standard InChI is InChI=1S/C21H25F2N3O4S2/c22-21(23)30-17-6-4-16(5-7-17)10-11-24-19(27)15-31-20-9-8-18(14-25-20)32(28,29)26-12-2-1-3-13-26/h4-9,14,21H,1-3,10-13,15H2,(H,24,27). The molecule has 1 saturated heterocycles. The van der Waals surface area contributed by atoms with Crippen molar-refractivity contribution in [2.75, 3.05) is 25.4 Å². The fourth-order valence-electron chi connectivity index (χ4n) is 3.23. The van der Waals surface area contributed by atoms with E-state index < -0.39 is 16.6 Å². The van der Waals surface area contributed by atoms with Crippen molar-refractivity contribution in [2.24, 2.45) is 0 Å². The van der Waals surface area contributed by atoms with Crippen LogP contribution in [-0.4, -0.2) is 55.6 Å². The number of rotatable bonds is 10. The van der Waals surface area contributed by atoms with Gasteiger partial charge < -0.3 is 10.1 Å². The van der Waals surface area contributed by atoms with Crippen LogP contribution >= 0.6 is 11.8 Å². The minimum atomic E-state index is -3.52. The summed E-state index contributed by atoms with van der Waals surface area (Å²) in [5, 5.41) is 3.35. The van der Waals surface area contributed by atoms with Crippen LogP contribution in [0, 0.1) is 0 Å². The van der Waals surface area contributed by atoms with Crippen LogP contribution in [0.4, 0.5) is 8.78 Å². The maximum atomic E-state index is 12.6. The molecule has 0 saturated carbocycles. The molecule has 0 aliphatic carbocycles. The van der Waals surface area contributed by atoms with E-state index in [1.807, 2.05) is 0 Å². The van der Waals surface area contributed by atoms with E-state index >= 15 is 0 Å². The van der Waals surface area contributed by atoms with Crippen molar-refractivity contribution >= 4 is 27.7 Å². The molecule has 0 spiro atoms. The molecular weight excluding hydrogens is 460 g/mol. The topological polar surface area (TPSA) is 88.6 Å². The van der Waals surface area contributed by atoms with Gasteiger partial charge in [0.15, 0.2) is 0 Å². The van der Waals surface area contributed by atoms with Crippen molar-refractivity contribution < 1.29 is 26.7 Å². The summed E-state index contributed by atoms with van der Waals surface area (Å²) in [7, 11) is -3.52. The first kappa shape index (κ1) is 24.4. The lowest BCUT2D eigenvalue weighted by Crippen LogP contribution is -2.35. The molecule has 1 aliphatic rings. The Morgan fingerprint density at radius 1 is 1.12 bits per heavy atom. The molecule has 7 nitrogen and oxygen atoms in total. The molecule has 0 bridgehead atoms. The van der Waals surface area contributed by atoms with E-state index in [1.54, 1.807) is 18.2 Å². The highest BCUT2D eigenvalue weighted by atomic mass is 32.2. The minimum Gasteiger partial charge on any atom is -0.435 e. The van der Waals surface area contributed by atoms with Crippen molar-refractivity contribution in [3.05, 3.63) is 48.2 Å². The maximum Gasteiger partial charge on any atom is 0.387 e. The molecule has 1 N–H and O–H groups in total. The summed E-state index contributed by atoms with van der Waals surface area (Å²) >= 11 is 1.22. The zero-order valence-corrected chi connectivity index (χ0v) is 19.0. The highest BCUT2D eigenvalue weighted by molar-refractivity contribution is 7.99. The first-order chi connectivity index (χ1) is 15.3. The molecule has 0 unspecified atom stereocenters. The lowest BCUT2D eigenvalue weighted by Gasteiger charge is -2.25. The number of amides is 1. The SMILES string of the molecule is O=C(CSc1ccc(S(=O)(=O)N2CCCCC2)cn1)NCCc1ccc(OC(F)F)cc1. The van der Waals surface area contributed by atoms with E-state index in [4.69, 9.17) is 0 Å². The predicted molar refractivity (Wildman–Crippen MR) is 117 cm³/mol. The zero-order valence-electron chi connectivity index (χ0n) is 17.4. The lowest BCUT2D eigenvalue weighted by molar-refractivity contribution is -0.118. The van der Waals surface area contributed by atoms with Gasteiger partial charge in [0.25, 0.3) is 0 Å². The van der Waals surface area contributed by atoms with Crippen LogP contribution in [0.3, 0.4) is 0 Å². The number of thioether (sulfide) groups is 1. The van der Waals surface area contributed by atoms with E-state index in [0.29, 0.717) is 31.1 Å². The smallest absolute Gasteiger partial charge is 0.387 e. The number of carbonyl (C=O) groups excluding carboxylic acids is 1. The van der Waals surface area contributed by atoms with E-state index in [9.17, 15) is 22.0 Å². The Kier molecular flexibility index (Phi) is 8.83. The number of nitrogens with zero attached hydrogens (tertiary/aromatic N) is 2. The first-order valence-corrected chi connectivity index (χ1v) is 12.7. The van der Waals surface area contributed by atoms with Crippen LogP contribution in [0.2, 0.25) is 0 Å². The lowest BCUT2D eigenvalue weighted by atomic mass is 10.1. The molecule has 1 aliphatic heterocycles. The largest absolute Gasteiger partial charge is 0.435 e. The number of alkyl halides is 2. The number of nitrogens with one attached hydrogen (secondary N) is 1. The number of carbonyl (C=O) groups is 1. The Labute approximate surface area is 190 Å². The predicted octanol–water partition coefficient (Wildman–Crippen LogP) is 3.31. The fourth-order valence-corrected chi connectivity index (χ4v) is 5.37. The molecule has 1 fully saturated rings. The van der Waals surface area contributed by atoms with Crippen LogP contribution in [0.1, 0.15) is 24.8 Å². The molecule has 2 aromatic rings. The van der Waals surface area contributed by atoms with Gasteiger partial charge in [0.05, 0.1) is 10.8 Å². The fraction of sp³-hybridized carbons (Fsp3) is 0.429. The third-order valence-corrected chi connectivity index (χ3v) is 7.72. The normalized spacial score (nSPS) is 15.0. The van der Waals surface area contributed by atoms with Crippen molar-refractivity contribution in [1.29, 1.82) is 0 Å². The average molecular weight is 486 g/mol. The molecule has 1 aromatic carbocycles. The summed E-state index contributed by atoms with van der Waals surface area (Å²) in [6, 6.07) is 9.39. The Bertz CT molecular complexity index is 981. The number of aromatic nitrogens is 1. The molecule has 3 rings (SSSR count). The van der Waals surface area contributed by atoms with Gasteiger partial charge in [-0.05, 0) is 49.1 Å². The molecule has 32 heavy (non-hydrogen) atoms. The summed E-state index contributed by atoms with van der Waals surface area (Å²) in [5.74, 6) is 0.0535. The Hall–Kier alpha value is -2.24. The number of ether oxygens (including phenoxy) is 1. The van der Waals surface area contributed by atoms with Gasteiger partial charge >= 0.3 is 6.61 Å². The molecule has 11 heteroatoms. The molecular formula is C21H25F2N3O4S2. The summed E-state index contributed by atoms with van der Waals surface area (Å²) in [5.41, 5.74) is 0.881. The second kappa shape index (κ2) is 11.6. The van der Waals surface area contributed by atoms with Crippen LogP contribution in [0.5, 0.6) is 5.75 Å². The van der Waals surface area contributed by atoms with Gasteiger partial charge in [-0.2, -0.15) is 13.1 Å². The minimum absolute atomic E-state index is 0.0893. The van der Waals surface area contributed by atoms with E-state index in [2.05, 4.69) is 15.0 Å². The molecule has 0 atom stereocenters. The van der Waals surface area contributed by atoms with Gasteiger partial charge in [-0.1, -0.05) is 30.3 Å². The van der Waals surface area contributed by atoms with Crippen molar-refractivity contribution in [3.63, 3.8) is 0 Å². The third-order valence-electron chi connectivity index (χ3n) is 4.90. The summed E-state index contributed by atoms with van der Waals surface area (Å²) in [6.07, 6.45) is 4.67. The van der Waals surface area contributed by atoms with Crippen LogP contribution < -0.4 is 10.1 Å². The van der Waals surface area contributed by atoms with E-state index in [-0.39, 0.29) is 22.3 Å². The Morgan fingerprint density at radius 2 is 1.84 bits per heavy atom. The quantitative estimate of drug-likeness (QED) is 0.520. The van der Waals surface area contributed by atoms with Crippen LogP contribution in [0.15, 0.2) is 52.5 Å². The van der Waals surface area contributed by atoms with Crippen molar-refractivity contribution in [1.82, 2.24) is 14.6 Å². The number of pyridine rings is 1. The monoisotopic (exact) mass is 485 g/mol. The number of sulfonamides is 1. The Morgan fingerprint density at radius 3 is 2.47 bits per heavy atom. The van der Waals surface area contributed by atoms with E-state index in [1.165, 1.54) is 40.5 Å². The summed E-state index contributed by atoms with van der Waals surface area (Å²) in [6.45, 7) is -1.39. The van der Waals surface area contributed by atoms with Crippen LogP contribution in [0.25, 0.3) is 0 Å². The summed E-state index contributed by atoms with van der Waals surface area (Å²) in [4.78, 5) is 16.4. The zero-order chi connectivity index (χ0) is 23.0. The molecule has 2 heterocycles. The number of hydrogen-bond donors (Lipinski definition) is 1. The molecule has 1 aromatic heterocycles. The maximum absolute atomic E-state index is 12.6. The van der Waals surface area contributed by atoms with Gasteiger partial charge in [0, 0.05) is 25.8 Å². The van der Waals surface area contributed by atoms with Gasteiger partial charge in [0.1, 0.15) is 10.6 Å². The van der Waals surface area contributed by atoms with Gasteiger partial charge in [-0.15, -0.1) is 0 Å². The van der Waals surface area contributed by atoms with Gasteiger partial charge in [-0.25, -0.2) is 13.4 Å². The van der Waals surface area contributed by atoms with Crippen molar-refractivity contribution in [2.45, 2.75) is 42.2 Å². The van der Waals surface area contributed by atoms with Gasteiger partial charge in [-0.3, -0.25) is 4.79 Å². The number of benzene rings is 1. The second-order valence-electron chi connectivity index (χ2n) is 7.21. The molecule has 1 amide bonds. The third kappa shape index (κ3) is 7.14. The molecule has 0 radical (unpaired) electrons. The van der Waals surface area contributed by atoms with Gasteiger partial charge in [0.2, 0.25) is 15.9 Å². The Balaban J connectivity index is 1.41. The number of hydrogen-bond acceptors (Lipinski definition) is 6. The van der Waals surface area contributed by atoms with Crippen molar-refractivity contribution in [3.8, 4) is 5.75 Å². The number of halogens is 2. The highest BCUT2D eigenvalue weighted by Gasteiger charge is 2.26. The first-order valence-electron chi connectivity index (χ1n) is 10.2. The van der Waals surface area contributed by atoms with E-state index in [0.717, 1.165) is 24.8 Å². The summed E-state index contributed by atoms with van der Waals surface area (Å²) < 4.78 is 55.4. The average Bonchev–Trinajstić information content (AvgIpc) is 2.79.